The number of hydrogen-bond acceptors (Lipinski definition) is 3. The van der Waals surface area contributed by atoms with Crippen LogP contribution in [0.25, 0.3) is 0 Å². The first-order valence-corrected chi connectivity index (χ1v) is 5.34. The van der Waals surface area contributed by atoms with Crippen molar-refractivity contribution >= 4 is 17.8 Å². The molecule has 0 saturated carbocycles. The number of rotatable bonds is 2. The van der Waals surface area contributed by atoms with Gasteiger partial charge in [-0.3, -0.25) is 19.8 Å². The van der Waals surface area contributed by atoms with Crippen LogP contribution >= 0.6 is 0 Å². The highest BCUT2D eigenvalue weighted by molar-refractivity contribution is 6.18. The van der Waals surface area contributed by atoms with Crippen molar-refractivity contribution in [1.82, 2.24) is 10.2 Å². The number of urea groups is 1. The average Bonchev–Trinajstić information content (AvgIpc) is 2.15. The molecular weight excluding hydrogens is 208 g/mol. The van der Waals surface area contributed by atoms with E-state index in [1.54, 1.807) is 13.8 Å². The van der Waals surface area contributed by atoms with Gasteiger partial charge in [0.2, 0.25) is 11.8 Å². The lowest BCUT2D eigenvalue weighted by Gasteiger charge is -2.43. The molecule has 0 aromatic carbocycles. The molecule has 5 nitrogen and oxygen atoms in total. The maximum atomic E-state index is 12.1. The zero-order valence-electron chi connectivity index (χ0n) is 10.4. The standard InChI is InChI=1S/C11H18N2O3/c1-6-10(2,3)13-8(15)11(4,5)7(14)12-9(13)16/h6H2,1-5H3,(H,12,14,16). The Morgan fingerprint density at radius 2 is 1.75 bits per heavy atom. The van der Waals surface area contributed by atoms with Gasteiger partial charge in [-0.05, 0) is 34.1 Å². The summed E-state index contributed by atoms with van der Waals surface area (Å²) in [6.07, 6.45) is 0.635. The van der Waals surface area contributed by atoms with Gasteiger partial charge in [0.05, 0.1) is 0 Å². The predicted molar refractivity (Wildman–Crippen MR) is 58.5 cm³/mol. The van der Waals surface area contributed by atoms with Gasteiger partial charge in [0.15, 0.2) is 0 Å². The molecule has 0 unspecified atom stereocenters. The lowest BCUT2D eigenvalue weighted by Crippen LogP contribution is -2.66. The van der Waals surface area contributed by atoms with Crippen LogP contribution in [-0.2, 0) is 9.59 Å². The third-order valence-corrected chi connectivity index (χ3v) is 3.20. The largest absolute Gasteiger partial charge is 0.331 e. The van der Waals surface area contributed by atoms with E-state index in [2.05, 4.69) is 5.32 Å². The number of nitrogens with one attached hydrogen (secondary N) is 1. The van der Waals surface area contributed by atoms with Crippen molar-refractivity contribution < 1.29 is 14.4 Å². The highest BCUT2D eigenvalue weighted by Crippen LogP contribution is 2.30. The highest BCUT2D eigenvalue weighted by Gasteiger charge is 2.50. The minimum absolute atomic E-state index is 0.437. The molecule has 1 saturated heterocycles. The van der Waals surface area contributed by atoms with Crippen LogP contribution in [-0.4, -0.2) is 28.3 Å². The number of hydrogen-bond donors (Lipinski definition) is 1. The Bertz CT molecular complexity index is 358. The van der Waals surface area contributed by atoms with Gasteiger partial charge in [-0.2, -0.15) is 0 Å². The van der Waals surface area contributed by atoms with Crippen molar-refractivity contribution in [3.05, 3.63) is 0 Å². The molecule has 90 valence electrons. The first-order valence-electron chi connectivity index (χ1n) is 5.34. The average molecular weight is 226 g/mol. The third-order valence-electron chi connectivity index (χ3n) is 3.20. The molecule has 0 atom stereocenters. The number of imide groups is 2. The van der Waals surface area contributed by atoms with Crippen molar-refractivity contribution in [3.63, 3.8) is 0 Å². The maximum Gasteiger partial charge on any atom is 0.331 e. The number of nitrogens with zero attached hydrogens (tertiary/aromatic N) is 1. The summed E-state index contributed by atoms with van der Waals surface area (Å²) in [6.45, 7) is 8.54. The van der Waals surface area contributed by atoms with Crippen LogP contribution in [0.15, 0.2) is 0 Å². The summed E-state index contributed by atoms with van der Waals surface area (Å²) in [6, 6.07) is -0.624. The van der Waals surface area contributed by atoms with Gasteiger partial charge in [0, 0.05) is 5.54 Å². The Hall–Kier alpha value is -1.39. The van der Waals surface area contributed by atoms with E-state index in [4.69, 9.17) is 0 Å². The first-order chi connectivity index (χ1) is 7.14. The van der Waals surface area contributed by atoms with E-state index in [0.717, 1.165) is 4.90 Å². The normalized spacial score (nSPS) is 21.1. The Morgan fingerprint density at radius 3 is 2.19 bits per heavy atom. The summed E-state index contributed by atoms with van der Waals surface area (Å²) >= 11 is 0. The number of carbonyl (C=O) groups is 3. The monoisotopic (exact) mass is 226 g/mol. The van der Waals surface area contributed by atoms with E-state index in [1.807, 2.05) is 6.92 Å². The number of carbonyl (C=O) groups excluding carboxylic acids is 3. The van der Waals surface area contributed by atoms with Gasteiger partial charge in [-0.1, -0.05) is 6.92 Å². The Balaban J connectivity index is 3.17. The molecule has 1 aliphatic rings. The van der Waals surface area contributed by atoms with Crippen molar-refractivity contribution in [3.8, 4) is 0 Å². The fourth-order valence-electron chi connectivity index (χ4n) is 1.49. The van der Waals surface area contributed by atoms with E-state index in [-0.39, 0.29) is 0 Å². The van der Waals surface area contributed by atoms with Gasteiger partial charge in [-0.25, -0.2) is 4.79 Å². The predicted octanol–water partition coefficient (Wildman–Crippen LogP) is 1.28. The SMILES string of the molecule is CCC(C)(C)N1C(=O)NC(=O)C(C)(C)C1=O. The molecule has 1 aliphatic heterocycles. The van der Waals surface area contributed by atoms with Crippen molar-refractivity contribution in [2.24, 2.45) is 5.41 Å². The summed E-state index contributed by atoms with van der Waals surface area (Å²) in [5.74, 6) is -0.973. The molecule has 0 aromatic rings. The number of amides is 4. The molecule has 1 heterocycles. The molecule has 0 aromatic heterocycles. The van der Waals surface area contributed by atoms with Crippen LogP contribution in [0.5, 0.6) is 0 Å². The van der Waals surface area contributed by atoms with Crippen molar-refractivity contribution in [2.75, 3.05) is 0 Å². The van der Waals surface area contributed by atoms with Gasteiger partial charge >= 0.3 is 6.03 Å². The second-order valence-corrected chi connectivity index (χ2v) is 5.19. The molecule has 0 radical (unpaired) electrons. The zero-order chi connectivity index (χ0) is 12.7. The van der Waals surface area contributed by atoms with Gasteiger partial charge in [-0.15, -0.1) is 0 Å². The third kappa shape index (κ3) is 1.70. The summed E-state index contributed by atoms with van der Waals surface area (Å²) in [5.41, 5.74) is -1.76. The minimum atomic E-state index is -1.18. The quantitative estimate of drug-likeness (QED) is 0.721. The summed E-state index contributed by atoms with van der Waals surface area (Å²) in [4.78, 5) is 36.5. The molecule has 0 spiro atoms. The first kappa shape index (κ1) is 12.7. The zero-order valence-corrected chi connectivity index (χ0v) is 10.4. The van der Waals surface area contributed by atoms with E-state index in [9.17, 15) is 14.4 Å². The molecule has 1 rings (SSSR count). The molecule has 0 bridgehead atoms. The highest BCUT2D eigenvalue weighted by atomic mass is 16.2. The van der Waals surface area contributed by atoms with Crippen LogP contribution in [0.2, 0.25) is 0 Å². The number of barbiturate groups is 1. The molecule has 16 heavy (non-hydrogen) atoms. The summed E-state index contributed by atoms with van der Waals surface area (Å²) in [7, 11) is 0. The van der Waals surface area contributed by atoms with Gasteiger partial charge in [0.1, 0.15) is 5.41 Å². The second-order valence-electron chi connectivity index (χ2n) is 5.19. The van der Waals surface area contributed by atoms with Crippen LogP contribution in [0.4, 0.5) is 4.79 Å². The molecule has 0 aliphatic carbocycles. The lowest BCUT2D eigenvalue weighted by molar-refractivity contribution is -0.152. The van der Waals surface area contributed by atoms with Crippen LogP contribution < -0.4 is 5.32 Å². The fourth-order valence-corrected chi connectivity index (χ4v) is 1.49. The molecule has 1 N–H and O–H groups in total. The van der Waals surface area contributed by atoms with Gasteiger partial charge < -0.3 is 0 Å². The topological polar surface area (TPSA) is 66.5 Å². The van der Waals surface area contributed by atoms with E-state index in [0.29, 0.717) is 6.42 Å². The van der Waals surface area contributed by atoms with Crippen LogP contribution in [0.3, 0.4) is 0 Å². The summed E-state index contributed by atoms with van der Waals surface area (Å²) in [5, 5.41) is 2.22. The van der Waals surface area contributed by atoms with Crippen molar-refractivity contribution in [1.29, 1.82) is 0 Å². The minimum Gasteiger partial charge on any atom is -0.277 e. The van der Waals surface area contributed by atoms with E-state index < -0.39 is 28.8 Å². The summed E-state index contributed by atoms with van der Waals surface area (Å²) < 4.78 is 0. The molecule has 5 heteroatoms. The van der Waals surface area contributed by atoms with E-state index in [1.165, 1.54) is 13.8 Å². The Morgan fingerprint density at radius 1 is 1.25 bits per heavy atom. The van der Waals surface area contributed by atoms with Crippen LogP contribution in [0, 0.1) is 5.41 Å². The molecule has 4 amide bonds. The maximum absolute atomic E-state index is 12.1. The molecular formula is C11H18N2O3. The fraction of sp³-hybridized carbons (Fsp3) is 0.727. The molecule has 1 fully saturated rings. The smallest absolute Gasteiger partial charge is 0.277 e. The Kier molecular flexibility index (Phi) is 2.83. The van der Waals surface area contributed by atoms with Crippen LogP contribution in [0.1, 0.15) is 41.0 Å². The second kappa shape index (κ2) is 3.57. The van der Waals surface area contributed by atoms with E-state index >= 15 is 0 Å². The van der Waals surface area contributed by atoms with Gasteiger partial charge in [0.25, 0.3) is 0 Å². The Labute approximate surface area is 95.2 Å². The lowest BCUT2D eigenvalue weighted by atomic mass is 9.85. The van der Waals surface area contributed by atoms with Crippen molar-refractivity contribution in [2.45, 2.75) is 46.6 Å².